The molecule has 92 valence electrons. The van der Waals surface area contributed by atoms with Gasteiger partial charge in [-0.1, -0.05) is 0 Å². The molecule has 1 aliphatic carbocycles. The van der Waals surface area contributed by atoms with Gasteiger partial charge < -0.3 is 9.84 Å². The standard InChI is InChI=1S/C12H12BrFO3/c1-6(12(15)16)17-11-5-10(14)9(13)4-8(11)7-2-3-7/h4-7H,2-3H2,1H3,(H,15,16). The predicted molar refractivity (Wildman–Crippen MR) is 63.8 cm³/mol. The zero-order valence-electron chi connectivity index (χ0n) is 9.24. The Morgan fingerprint density at radius 3 is 2.76 bits per heavy atom. The van der Waals surface area contributed by atoms with E-state index in [4.69, 9.17) is 9.84 Å². The van der Waals surface area contributed by atoms with Gasteiger partial charge in [0.05, 0.1) is 4.47 Å². The highest BCUT2D eigenvalue weighted by molar-refractivity contribution is 9.10. The highest BCUT2D eigenvalue weighted by Crippen LogP contribution is 2.45. The van der Waals surface area contributed by atoms with Crippen LogP contribution in [0.4, 0.5) is 4.39 Å². The highest BCUT2D eigenvalue weighted by Gasteiger charge is 2.29. The van der Waals surface area contributed by atoms with E-state index in [1.54, 1.807) is 6.07 Å². The molecule has 1 aromatic carbocycles. The van der Waals surface area contributed by atoms with Crippen molar-refractivity contribution in [2.24, 2.45) is 0 Å². The number of hydrogen-bond acceptors (Lipinski definition) is 2. The molecule has 5 heteroatoms. The van der Waals surface area contributed by atoms with Crippen LogP contribution in [0.15, 0.2) is 16.6 Å². The molecule has 0 aliphatic heterocycles. The normalized spacial score (nSPS) is 16.6. The number of carboxylic acids is 1. The quantitative estimate of drug-likeness (QED) is 0.928. The van der Waals surface area contributed by atoms with Crippen molar-refractivity contribution in [3.8, 4) is 5.75 Å². The van der Waals surface area contributed by atoms with E-state index in [1.807, 2.05) is 0 Å². The van der Waals surface area contributed by atoms with Crippen molar-refractivity contribution >= 4 is 21.9 Å². The topological polar surface area (TPSA) is 46.5 Å². The molecule has 0 amide bonds. The number of hydrogen-bond donors (Lipinski definition) is 1. The Bertz CT molecular complexity index is 457. The summed E-state index contributed by atoms with van der Waals surface area (Å²) in [7, 11) is 0. The highest BCUT2D eigenvalue weighted by atomic mass is 79.9. The fraction of sp³-hybridized carbons (Fsp3) is 0.417. The second-order valence-electron chi connectivity index (χ2n) is 4.18. The number of halogens is 2. The van der Waals surface area contributed by atoms with Gasteiger partial charge in [-0.05, 0) is 53.2 Å². The van der Waals surface area contributed by atoms with E-state index in [0.29, 0.717) is 16.1 Å². The summed E-state index contributed by atoms with van der Waals surface area (Å²) in [6.07, 6.45) is 1.10. The van der Waals surface area contributed by atoms with Crippen molar-refractivity contribution in [2.45, 2.75) is 31.8 Å². The molecule has 1 saturated carbocycles. The Labute approximate surface area is 107 Å². The number of rotatable bonds is 4. The van der Waals surface area contributed by atoms with Crippen LogP contribution in [-0.4, -0.2) is 17.2 Å². The lowest BCUT2D eigenvalue weighted by atomic mass is 10.1. The van der Waals surface area contributed by atoms with Crippen molar-refractivity contribution in [2.75, 3.05) is 0 Å². The zero-order valence-corrected chi connectivity index (χ0v) is 10.8. The third kappa shape index (κ3) is 2.77. The van der Waals surface area contributed by atoms with E-state index in [2.05, 4.69) is 15.9 Å². The number of aliphatic carboxylic acids is 1. The summed E-state index contributed by atoms with van der Waals surface area (Å²) in [5, 5.41) is 8.78. The molecule has 3 nitrogen and oxygen atoms in total. The minimum absolute atomic E-state index is 0.336. The van der Waals surface area contributed by atoms with Crippen LogP contribution in [0.3, 0.4) is 0 Å². The van der Waals surface area contributed by atoms with Gasteiger partial charge in [-0.25, -0.2) is 9.18 Å². The van der Waals surface area contributed by atoms with Crippen LogP contribution in [0.5, 0.6) is 5.75 Å². The molecule has 1 aromatic rings. The van der Waals surface area contributed by atoms with Crippen LogP contribution in [0, 0.1) is 5.82 Å². The molecular formula is C12H12BrFO3. The van der Waals surface area contributed by atoms with Gasteiger partial charge in [-0.2, -0.15) is 0 Å². The van der Waals surface area contributed by atoms with Crippen LogP contribution in [0.2, 0.25) is 0 Å². The smallest absolute Gasteiger partial charge is 0.344 e. The van der Waals surface area contributed by atoms with E-state index in [-0.39, 0.29) is 0 Å². The maximum atomic E-state index is 13.4. The van der Waals surface area contributed by atoms with Crippen LogP contribution in [-0.2, 0) is 4.79 Å². The number of carboxylic acid groups (broad SMARTS) is 1. The molecule has 2 rings (SSSR count). The molecule has 0 saturated heterocycles. The molecule has 0 heterocycles. The maximum absolute atomic E-state index is 13.4. The SMILES string of the molecule is CC(Oc1cc(F)c(Br)cc1C1CC1)C(=O)O. The Hall–Kier alpha value is -1.10. The molecule has 1 aliphatic rings. The van der Waals surface area contributed by atoms with E-state index < -0.39 is 17.9 Å². The van der Waals surface area contributed by atoms with Gasteiger partial charge in [-0.3, -0.25) is 0 Å². The Morgan fingerprint density at radius 1 is 1.59 bits per heavy atom. The van der Waals surface area contributed by atoms with Gasteiger partial charge >= 0.3 is 5.97 Å². The van der Waals surface area contributed by atoms with Crippen molar-refractivity contribution in [3.63, 3.8) is 0 Å². The average molecular weight is 303 g/mol. The fourth-order valence-corrected chi connectivity index (χ4v) is 1.96. The second-order valence-corrected chi connectivity index (χ2v) is 5.03. The third-order valence-corrected chi connectivity index (χ3v) is 3.33. The van der Waals surface area contributed by atoms with E-state index in [0.717, 1.165) is 18.4 Å². The first kappa shape index (κ1) is 12.4. The number of ether oxygens (including phenoxy) is 1. The summed E-state index contributed by atoms with van der Waals surface area (Å²) in [6, 6.07) is 2.92. The summed E-state index contributed by atoms with van der Waals surface area (Å²) in [5.74, 6) is -0.803. The number of carbonyl (C=O) groups is 1. The molecule has 1 atom stereocenters. The van der Waals surface area contributed by atoms with E-state index in [1.165, 1.54) is 13.0 Å². The minimum Gasteiger partial charge on any atom is -0.479 e. The van der Waals surface area contributed by atoms with Crippen LogP contribution in [0.25, 0.3) is 0 Å². The Balaban J connectivity index is 2.30. The zero-order chi connectivity index (χ0) is 12.6. The first-order chi connectivity index (χ1) is 7.99. The number of benzene rings is 1. The molecule has 0 aromatic heterocycles. The molecule has 1 unspecified atom stereocenters. The average Bonchev–Trinajstić information content (AvgIpc) is 3.06. The maximum Gasteiger partial charge on any atom is 0.344 e. The van der Waals surface area contributed by atoms with Crippen LogP contribution in [0.1, 0.15) is 31.2 Å². The summed E-state index contributed by atoms with van der Waals surface area (Å²) in [4.78, 5) is 10.7. The summed E-state index contributed by atoms with van der Waals surface area (Å²) >= 11 is 3.12. The summed E-state index contributed by atoms with van der Waals surface area (Å²) in [5.41, 5.74) is 0.881. The van der Waals surface area contributed by atoms with Crippen molar-refractivity contribution < 1.29 is 19.0 Å². The molecular weight excluding hydrogens is 291 g/mol. The molecule has 0 bridgehead atoms. The van der Waals surface area contributed by atoms with Gasteiger partial charge in [0.25, 0.3) is 0 Å². The molecule has 0 radical (unpaired) electrons. The largest absolute Gasteiger partial charge is 0.479 e. The molecule has 0 spiro atoms. The lowest BCUT2D eigenvalue weighted by Gasteiger charge is -2.15. The second kappa shape index (κ2) is 4.64. The van der Waals surface area contributed by atoms with Crippen LogP contribution >= 0.6 is 15.9 Å². The lowest BCUT2D eigenvalue weighted by Crippen LogP contribution is -2.23. The van der Waals surface area contributed by atoms with Gasteiger partial charge in [-0.15, -0.1) is 0 Å². The molecule has 1 fully saturated rings. The van der Waals surface area contributed by atoms with Gasteiger partial charge in [0.2, 0.25) is 0 Å². The summed E-state index contributed by atoms with van der Waals surface area (Å²) < 4.78 is 19.1. The van der Waals surface area contributed by atoms with E-state index >= 15 is 0 Å². The first-order valence-corrected chi connectivity index (χ1v) is 6.16. The minimum atomic E-state index is -1.06. The van der Waals surface area contributed by atoms with Crippen LogP contribution < -0.4 is 4.74 Å². The first-order valence-electron chi connectivity index (χ1n) is 5.37. The van der Waals surface area contributed by atoms with Gasteiger partial charge in [0.1, 0.15) is 11.6 Å². The van der Waals surface area contributed by atoms with Gasteiger partial charge in [0, 0.05) is 6.07 Å². The van der Waals surface area contributed by atoms with Crippen molar-refractivity contribution in [3.05, 3.63) is 28.0 Å². The Morgan fingerprint density at radius 2 is 2.24 bits per heavy atom. The summed E-state index contributed by atoms with van der Waals surface area (Å²) in [6.45, 7) is 1.43. The fourth-order valence-electron chi connectivity index (χ4n) is 1.60. The predicted octanol–water partition coefficient (Wildman–Crippen LogP) is 3.32. The van der Waals surface area contributed by atoms with Crippen molar-refractivity contribution in [1.29, 1.82) is 0 Å². The molecule has 17 heavy (non-hydrogen) atoms. The molecule has 1 N–H and O–H groups in total. The van der Waals surface area contributed by atoms with Crippen molar-refractivity contribution in [1.82, 2.24) is 0 Å². The van der Waals surface area contributed by atoms with E-state index in [9.17, 15) is 9.18 Å². The van der Waals surface area contributed by atoms with Gasteiger partial charge in [0.15, 0.2) is 6.10 Å². The third-order valence-electron chi connectivity index (χ3n) is 2.72. The Kier molecular flexibility index (Phi) is 3.38. The lowest BCUT2D eigenvalue weighted by molar-refractivity contribution is -0.144. The monoisotopic (exact) mass is 302 g/mol.